The van der Waals surface area contributed by atoms with Gasteiger partial charge < -0.3 is 25.5 Å². The van der Waals surface area contributed by atoms with Gasteiger partial charge in [-0.15, -0.1) is 0 Å². The van der Waals surface area contributed by atoms with E-state index in [1.54, 1.807) is 6.20 Å². The first-order valence-electron chi connectivity index (χ1n) is 10.8. The van der Waals surface area contributed by atoms with E-state index in [1.165, 1.54) is 5.56 Å². The zero-order chi connectivity index (χ0) is 21.5. The molecule has 166 valence electrons. The highest BCUT2D eigenvalue weighted by atomic mass is 16.5. The molecule has 0 bridgehead atoms. The van der Waals surface area contributed by atoms with E-state index in [9.17, 15) is 0 Å². The first kappa shape index (κ1) is 21.5. The van der Waals surface area contributed by atoms with Crippen molar-refractivity contribution in [2.24, 2.45) is 0 Å². The number of rotatable bonds is 9. The van der Waals surface area contributed by atoms with Crippen LogP contribution in [0.1, 0.15) is 17.5 Å². The van der Waals surface area contributed by atoms with Gasteiger partial charge in [-0.1, -0.05) is 12.1 Å². The summed E-state index contributed by atoms with van der Waals surface area (Å²) in [6.45, 7) is 5.41. The van der Waals surface area contributed by atoms with Gasteiger partial charge in [-0.3, -0.25) is 10.5 Å². The van der Waals surface area contributed by atoms with Gasteiger partial charge in [0.2, 0.25) is 0 Å². The third-order valence-corrected chi connectivity index (χ3v) is 5.64. The molecule has 9 heteroatoms. The molecule has 0 saturated carbocycles. The Labute approximate surface area is 182 Å². The van der Waals surface area contributed by atoms with Crippen molar-refractivity contribution < 1.29 is 9.84 Å². The summed E-state index contributed by atoms with van der Waals surface area (Å²) in [5.74, 6) is 0.523. The Kier molecular flexibility index (Phi) is 7.31. The van der Waals surface area contributed by atoms with Crippen molar-refractivity contribution in [1.82, 2.24) is 25.9 Å². The molecule has 4 rings (SSSR count). The van der Waals surface area contributed by atoms with Crippen molar-refractivity contribution in [3.8, 4) is 0 Å². The largest absolute Gasteiger partial charge is 0.395 e. The summed E-state index contributed by atoms with van der Waals surface area (Å²) >= 11 is 0. The van der Waals surface area contributed by atoms with E-state index in [-0.39, 0.29) is 6.61 Å². The number of ether oxygens (including phenoxy) is 1. The van der Waals surface area contributed by atoms with Gasteiger partial charge in [0, 0.05) is 49.2 Å². The van der Waals surface area contributed by atoms with Crippen LogP contribution < -0.4 is 15.6 Å². The minimum Gasteiger partial charge on any atom is -0.395 e. The Morgan fingerprint density at radius 2 is 1.97 bits per heavy atom. The van der Waals surface area contributed by atoms with Crippen LogP contribution in [-0.2, 0) is 11.2 Å². The van der Waals surface area contributed by atoms with Gasteiger partial charge in [0.1, 0.15) is 5.84 Å². The average Bonchev–Trinajstić information content (AvgIpc) is 3.47. The second kappa shape index (κ2) is 10.5. The van der Waals surface area contributed by atoms with Gasteiger partial charge in [-0.2, -0.15) is 5.10 Å². The second-order valence-corrected chi connectivity index (χ2v) is 7.69. The van der Waals surface area contributed by atoms with E-state index < -0.39 is 0 Å². The zero-order valence-corrected chi connectivity index (χ0v) is 17.7. The fourth-order valence-electron chi connectivity index (χ4n) is 3.92. The lowest BCUT2D eigenvalue weighted by molar-refractivity contribution is 0.0229. The summed E-state index contributed by atoms with van der Waals surface area (Å²) < 4.78 is 5.46. The van der Waals surface area contributed by atoms with Crippen LogP contribution in [0.15, 0.2) is 42.2 Å². The molecule has 3 heterocycles. The lowest BCUT2D eigenvalue weighted by Crippen LogP contribution is -2.45. The van der Waals surface area contributed by atoms with Crippen LogP contribution in [0.2, 0.25) is 0 Å². The van der Waals surface area contributed by atoms with Crippen molar-refractivity contribution in [2.75, 3.05) is 57.4 Å². The number of hydrogen-bond donors (Lipinski definition) is 5. The second-order valence-electron chi connectivity index (χ2n) is 7.69. The summed E-state index contributed by atoms with van der Waals surface area (Å²) in [5, 5.41) is 30.1. The minimum atomic E-state index is 0.160. The van der Waals surface area contributed by atoms with Crippen LogP contribution in [-0.4, -0.2) is 78.7 Å². The third-order valence-electron chi connectivity index (χ3n) is 5.64. The van der Waals surface area contributed by atoms with Crippen LogP contribution in [0.5, 0.6) is 0 Å². The maximum absolute atomic E-state index is 8.88. The number of aromatic amines is 1. The first-order chi connectivity index (χ1) is 15.3. The zero-order valence-electron chi connectivity index (χ0n) is 17.7. The Morgan fingerprint density at radius 1 is 1.16 bits per heavy atom. The van der Waals surface area contributed by atoms with E-state index in [1.807, 2.05) is 6.20 Å². The lowest BCUT2D eigenvalue weighted by atomic mass is 10.1. The van der Waals surface area contributed by atoms with Gasteiger partial charge in [-0.25, -0.2) is 5.01 Å². The number of H-pyrrole nitrogens is 1. The monoisotopic (exact) mass is 425 g/mol. The number of aliphatic hydroxyl groups excluding tert-OH is 1. The summed E-state index contributed by atoms with van der Waals surface area (Å²) in [6.07, 6.45) is 5.37. The van der Waals surface area contributed by atoms with Gasteiger partial charge in [-0.05, 0) is 37.1 Å². The van der Waals surface area contributed by atoms with Crippen molar-refractivity contribution in [1.29, 1.82) is 5.41 Å². The molecule has 0 radical (unpaired) electrons. The number of amidine groups is 1. The molecule has 0 spiro atoms. The summed E-state index contributed by atoms with van der Waals surface area (Å²) in [7, 11) is 0. The number of morpholine rings is 1. The quantitative estimate of drug-likeness (QED) is 0.381. The molecule has 2 aliphatic rings. The molecule has 1 aromatic heterocycles. The van der Waals surface area contributed by atoms with Crippen LogP contribution in [0.25, 0.3) is 5.70 Å². The summed E-state index contributed by atoms with van der Waals surface area (Å²) in [4.78, 5) is 2.06. The molecule has 5 N–H and O–H groups in total. The lowest BCUT2D eigenvalue weighted by Gasteiger charge is -2.29. The van der Waals surface area contributed by atoms with Crippen molar-refractivity contribution in [2.45, 2.75) is 12.8 Å². The standard InChI is InChI=1S/C22H31N7O2/c23-22-20(21(18-15-25-26-16-18)27-28-10-13-31-14-11-28)6-9-29(22)19-3-1-17(2-4-19)5-7-24-8-12-30/h1-4,15-16,23-24,27,30H,5-14H2,(H,25,26)/b21-20-,23-22?. The smallest absolute Gasteiger partial charge is 0.130 e. The average molecular weight is 426 g/mol. The molecule has 0 aliphatic carbocycles. The van der Waals surface area contributed by atoms with Gasteiger partial charge in [0.25, 0.3) is 0 Å². The maximum atomic E-state index is 8.88. The molecule has 2 aliphatic heterocycles. The molecule has 31 heavy (non-hydrogen) atoms. The first-order valence-corrected chi connectivity index (χ1v) is 10.8. The molecule has 1 aromatic carbocycles. The number of nitrogens with zero attached hydrogens (tertiary/aromatic N) is 3. The number of benzene rings is 1. The number of aliphatic hydroxyl groups is 1. The van der Waals surface area contributed by atoms with E-state index in [0.29, 0.717) is 25.6 Å². The van der Waals surface area contributed by atoms with Gasteiger partial charge in [0.05, 0.1) is 31.7 Å². The van der Waals surface area contributed by atoms with Crippen molar-refractivity contribution in [3.63, 3.8) is 0 Å². The molecule has 9 nitrogen and oxygen atoms in total. The highest BCUT2D eigenvalue weighted by Crippen LogP contribution is 2.30. The van der Waals surface area contributed by atoms with E-state index in [2.05, 4.69) is 55.1 Å². The molecule has 2 aromatic rings. The Hall–Kier alpha value is -2.72. The highest BCUT2D eigenvalue weighted by Gasteiger charge is 2.28. The Morgan fingerprint density at radius 3 is 2.68 bits per heavy atom. The molecule has 0 unspecified atom stereocenters. The van der Waals surface area contributed by atoms with Crippen LogP contribution in [0.3, 0.4) is 0 Å². The fourth-order valence-corrected chi connectivity index (χ4v) is 3.92. The normalized spacial score (nSPS) is 19.1. The maximum Gasteiger partial charge on any atom is 0.130 e. The van der Waals surface area contributed by atoms with E-state index in [0.717, 1.165) is 61.5 Å². The summed E-state index contributed by atoms with van der Waals surface area (Å²) in [6, 6.07) is 8.42. The van der Waals surface area contributed by atoms with Crippen LogP contribution >= 0.6 is 0 Å². The van der Waals surface area contributed by atoms with Crippen LogP contribution in [0.4, 0.5) is 5.69 Å². The number of hydrazine groups is 1. The summed E-state index contributed by atoms with van der Waals surface area (Å²) in [5.41, 5.74) is 8.69. The van der Waals surface area contributed by atoms with E-state index in [4.69, 9.17) is 15.3 Å². The number of aromatic nitrogens is 2. The highest BCUT2D eigenvalue weighted by molar-refractivity contribution is 6.14. The molecule has 2 saturated heterocycles. The number of anilines is 1. The van der Waals surface area contributed by atoms with Crippen LogP contribution in [0, 0.1) is 5.41 Å². The molecule has 2 fully saturated rings. The molecule has 0 atom stereocenters. The molecular weight excluding hydrogens is 394 g/mol. The van der Waals surface area contributed by atoms with Gasteiger partial charge in [0.15, 0.2) is 0 Å². The van der Waals surface area contributed by atoms with Gasteiger partial charge >= 0.3 is 0 Å². The Bertz CT molecular complexity index is 874. The topological polar surface area (TPSA) is 113 Å². The van der Waals surface area contributed by atoms with Crippen molar-refractivity contribution in [3.05, 3.63) is 53.4 Å². The fraction of sp³-hybridized carbons (Fsp3) is 0.455. The number of nitrogens with one attached hydrogen (secondary N) is 4. The predicted octanol–water partition coefficient (Wildman–Crippen LogP) is 0.970. The third kappa shape index (κ3) is 5.31. The SMILES string of the molecule is N=C1/C(=C(\NN2CCOCC2)c2cn[nH]c2)CCN1c1ccc(CCNCCO)cc1. The predicted molar refractivity (Wildman–Crippen MR) is 121 cm³/mol. The van der Waals surface area contributed by atoms with E-state index >= 15 is 0 Å². The van der Waals surface area contributed by atoms with Crippen molar-refractivity contribution >= 4 is 17.2 Å². The molecular formula is C22H31N7O2. The number of hydrogen-bond acceptors (Lipinski definition) is 7. The minimum absolute atomic E-state index is 0.160. The molecule has 0 amide bonds. The Balaban J connectivity index is 1.48.